The average molecular weight is 234 g/mol. The highest BCUT2D eigenvalue weighted by molar-refractivity contribution is 5.91. The number of nitrogens with two attached hydrogens (primary N) is 1. The van der Waals surface area contributed by atoms with E-state index in [9.17, 15) is 4.79 Å². The number of carbonyl (C=O) groups is 1. The molecule has 0 saturated carbocycles. The normalized spacial score (nSPS) is 10.8. The van der Waals surface area contributed by atoms with Crippen LogP contribution in [0.4, 0.5) is 0 Å². The Kier molecular flexibility index (Phi) is 5.23. The lowest BCUT2D eigenvalue weighted by Crippen LogP contribution is -2.27. The molecule has 17 heavy (non-hydrogen) atoms. The summed E-state index contributed by atoms with van der Waals surface area (Å²) in [5.74, 6) is 5.96. The average Bonchev–Trinajstić information content (AvgIpc) is 2.34. The van der Waals surface area contributed by atoms with Crippen LogP contribution >= 0.6 is 0 Å². The maximum absolute atomic E-state index is 10.9. The van der Waals surface area contributed by atoms with Crippen molar-refractivity contribution in [3.05, 3.63) is 35.9 Å². The molecule has 0 radical (unpaired) electrons. The SMILES string of the molecule is CC(C)COc1ccc(/C=C/C(=O)NN)cc1. The number of nitrogens with one attached hydrogen (secondary N) is 1. The molecule has 0 aliphatic carbocycles. The highest BCUT2D eigenvalue weighted by Crippen LogP contribution is 2.14. The van der Waals surface area contributed by atoms with Gasteiger partial charge >= 0.3 is 0 Å². The van der Waals surface area contributed by atoms with Crippen LogP contribution < -0.4 is 16.0 Å². The van der Waals surface area contributed by atoms with Crippen molar-refractivity contribution >= 4 is 12.0 Å². The summed E-state index contributed by atoms with van der Waals surface area (Å²) >= 11 is 0. The first-order valence-electron chi connectivity index (χ1n) is 5.53. The Bertz CT molecular complexity index is 383. The molecule has 0 aromatic heterocycles. The molecule has 0 unspecified atom stereocenters. The zero-order valence-corrected chi connectivity index (χ0v) is 10.1. The topological polar surface area (TPSA) is 64.3 Å². The molecule has 0 fully saturated rings. The predicted octanol–water partition coefficient (Wildman–Crippen LogP) is 1.72. The van der Waals surface area contributed by atoms with Crippen LogP contribution in [0.25, 0.3) is 6.08 Å². The Morgan fingerprint density at radius 1 is 1.41 bits per heavy atom. The van der Waals surface area contributed by atoms with Crippen molar-refractivity contribution in [3.8, 4) is 5.75 Å². The Labute approximate surface area is 101 Å². The molecule has 3 N–H and O–H groups in total. The Hall–Kier alpha value is -1.81. The molecular weight excluding hydrogens is 216 g/mol. The smallest absolute Gasteiger partial charge is 0.257 e. The number of carbonyl (C=O) groups excluding carboxylic acids is 1. The molecule has 0 spiro atoms. The first-order valence-corrected chi connectivity index (χ1v) is 5.53. The summed E-state index contributed by atoms with van der Waals surface area (Å²) in [6.45, 7) is 4.90. The number of hydrogen-bond acceptors (Lipinski definition) is 3. The molecule has 1 amide bonds. The Morgan fingerprint density at radius 2 is 2.06 bits per heavy atom. The van der Waals surface area contributed by atoms with Gasteiger partial charge in [-0.15, -0.1) is 0 Å². The van der Waals surface area contributed by atoms with Crippen LogP contribution in [0.1, 0.15) is 19.4 Å². The molecule has 4 nitrogen and oxygen atoms in total. The number of benzene rings is 1. The van der Waals surface area contributed by atoms with Crippen molar-refractivity contribution in [1.29, 1.82) is 0 Å². The van der Waals surface area contributed by atoms with E-state index < -0.39 is 0 Å². The van der Waals surface area contributed by atoms with Gasteiger partial charge in [0.05, 0.1) is 6.61 Å². The van der Waals surface area contributed by atoms with Gasteiger partial charge in [0.2, 0.25) is 0 Å². The number of amides is 1. The van der Waals surface area contributed by atoms with Crippen molar-refractivity contribution < 1.29 is 9.53 Å². The molecule has 0 saturated heterocycles. The molecule has 1 aromatic rings. The van der Waals surface area contributed by atoms with Gasteiger partial charge in [-0.05, 0) is 29.7 Å². The van der Waals surface area contributed by atoms with Gasteiger partial charge in [0.1, 0.15) is 5.75 Å². The summed E-state index contributed by atoms with van der Waals surface area (Å²) in [4.78, 5) is 10.9. The van der Waals surface area contributed by atoms with E-state index in [0.717, 1.165) is 11.3 Å². The lowest BCUT2D eigenvalue weighted by Gasteiger charge is -2.08. The third kappa shape index (κ3) is 5.17. The molecule has 0 heterocycles. The number of hydrazine groups is 1. The highest BCUT2D eigenvalue weighted by Gasteiger charge is 1.97. The summed E-state index contributed by atoms with van der Waals surface area (Å²) in [5, 5.41) is 0. The molecule has 0 aliphatic heterocycles. The number of rotatable bonds is 5. The molecular formula is C13H18N2O2. The van der Waals surface area contributed by atoms with E-state index in [4.69, 9.17) is 10.6 Å². The molecule has 1 aromatic carbocycles. The summed E-state index contributed by atoms with van der Waals surface area (Å²) in [6, 6.07) is 7.52. The second kappa shape index (κ2) is 6.70. The van der Waals surface area contributed by atoms with E-state index in [-0.39, 0.29) is 5.91 Å². The van der Waals surface area contributed by atoms with Crippen LogP contribution in [0.5, 0.6) is 5.75 Å². The summed E-state index contributed by atoms with van der Waals surface area (Å²) in [5.41, 5.74) is 2.95. The van der Waals surface area contributed by atoms with Gasteiger partial charge < -0.3 is 4.74 Å². The maximum atomic E-state index is 10.9. The minimum atomic E-state index is -0.329. The second-order valence-corrected chi connectivity index (χ2v) is 4.12. The van der Waals surface area contributed by atoms with Crippen LogP contribution in [0.3, 0.4) is 0 Å². The fourth-order valence-electron chi connectivity index (χ4n) is 1.16. The van der Waals surface area contributed by atoms with Crippen molar-refractivity contribution in [2.24, 2.45) is 11.8 Å². The van der Waals surface area contributed by atoms with Gasteiger partial charge in [0, 0.05) is 6.08 Å². The molecule has 92 valence electrons. The van der Waals surface area contributed by atoms with Crippen LogP contribution in [0, 0.1) is 5.92 Å². The third-order valence-corrected chi connectivity index (χ3v) is 2.03. The van der Waals surface area contributed by atoms with E-state index in [0.29, 0.717) is 12.5 Å². The summed E-state index contributed by atoms with van der Waals surface area (Å²) < 4.78 is 5.55. The van der Waals surface area contributed by atoms with Gasteiger partial charge in [-0.1, -0.05) is 26.0 Å². The molecule has 4 heteroatoms. The Balaban J connectivity index is 2.55. The molecule has 1 rings (SSSR count). The minimum absolute atomic E-state index is 0.329. The van der Waals surface area contributed by atoms with Crippen molar-refractivity contribution in [2.75, 3.05) is 6.61 Å². The monoisotopic (exact) mass is 234 g/mol. The van der Waals surface area contributed by atoms with E-state index in [1.54, 1.807) is 6.08 Å². The highest BCUT2D eigenvalue weighted by atomic mass is 16.5. The van der Waals surface area contributed by atoms with Gasteiger partial charge in [0.25, 0.3) is 5.91 Å². The maximum Gasteiger partial charge on any atom is 0.257 e. The van der Waals surface area contributed by atoms with Crippen molar-refractivity contribution in [3.63, 3.8) is 0 Å². The van der Waals surface area contributed by atoms with Crippen molar-refractivity contribution in [1.82, 2.24) is 5.43 Å². The van der Waals surface area contributed by atoms with Crippen LogP contribution in [-0.2, 0) is 4.79 Å². The minimum Gasteiger partial charge on any atom is -0.493 e. The summed E-state index contributed by atoms with van der Waals surface area (Å²) in [6.07, 6.45) is 3.07. The largest absolute Gasteiger partial charge is 0.493 e. The fraction of sp³-hybridized carbons (Fsp3) is 0.308. The third-order valence-electron chi connectivity index (χ3n) is 2.03. The van der Waals surface area contributed by atoms with Crippen LogP contribution in [0.15, 0.2) is 30.3 Å². The molecule has 0 aliphatic rings. The lowest BCUT2D eigenvalue weighted by atomic mass is 10.2. The first kappa shape index (κ1) is 13.3. The number of ether oxygens (including phenoxy) is 1. The van der Waals surface area contributed by atoms with Gasteiger partial charge in [-0.3, -0.25) is 10.2 Å². The first-order chi connectivity index (χ1) is 8.11. The van der Waals surface area contributed by atoms with Gasteiger partial charge in [-0.25, -0.2) is 5.84 Å². The van der Waals surface area contributed by atoms with E-state index in [1.165, 1.54) is 6.08 Å². The standard InChI is InChI=1S/C13H18N2O2/c1-10(2)9-17-12-6-3-11(4-7-12)5-8-13(16)15-14/h3-8,10H,9,14H2,1-2H3,(H,15,16)/b8-5+. The molecule has 0 bridgehead atoms. The quantitative estimate of drug-likeness (QED) is 0.353. The zero-order chi connectivity index (χ0) is 12.7. The van der Waals surface area contributed by atoms with Crippen molar-refractivity contribution in [2.45, 2.75) is 13.8 Å². The lowest BCUT2D eigenvalue weighted by molar-refractivity contribution is -0.116. The van der Waals surface area contributed by atoms with Crippen LogP contribution in [-0.4, -0.2) is 12.5 Å². The summed E-state index contributed by atoms with van der Waals surface area (Å²) in [7, 11) is 0. The predicted molar refractivity (Wildman–Crippen MR) is 68.1 cm³/mol. The van der Waals surface area contributed by atoms with Gasteiger partial charge in [0.15, 0.2) is 0 Å². The molecule has 0 atom stereocenters. The zero-order valence-electron chi connectivity index (χ0n) is 10.1. The van der Waals surface area contributed by atoms with Gasteiger partial charge in [-0.2, -0.15) is 0 Å². The van der Waals surface area contributed by atoms with Crippen LogP contribution in [0.2, 0.25) is 0 Å². The second-order valence-electron chi connectivity index (χ2n) is 4.12. The van der Waals surface area contributed by atoms with E-state index in [2.05, 4.69) is 13.8 Å². The van der Waals surface area contributed by atoms with E-state index in [1.807, 2.05) is 29.7 Å². The van der Waals surface area contributed by atoms with E-state index >= 15 is 0 Å². The Morgan fingerprint density at radius 3 is 2.59 bits per heavy atom. The fourth-order valence-corrected chi connectivity index (χ4v) is 1.16. The number of hydrogen-bond donors (Lipinski definition) is 2.